The first kappa shape index (κ1) is 18.3. The van der Waals surface area contributed by atoms with Gasteiger partial charge in [-0.05, 0) is 42.7 Å². The molecule has 0 spiro atoms. The molecule has 0 N–H and O–H groups in total. The van der Waals surface area contributed by atoms with Gasteiger partial charge in [0.25, 0.3) is 0 Å². The van der Waals surface area contributed by atoms with Crippen molar-refractivity contribution in [3.63, 3.8) is 0 Å². The summed E-state index contributed by atoms with van der Waals surface area (Å²) in [6, 6.07) is 13.3. The number of ether oxygens (including phenoxy) is 2. The highest BCUT2D eigenvalue weighted by Gasteiger charge is 2.25. The molecule has 3 rings (SSSR count). The lowest BCUT2D eigenvalue weighted by Crippen LogP contribution is -2.38. The molecule has 138 valence electrons. The van der Waals surface area contributed by atoms with Crippen LogP contribution in [-0.4, -0.2) is 46.2 Å². The van der Waals surface area contributed by atoms with Crippen LogP contribution in [0.4, 0.5) is 4.79 Å². The summed E-state index contributed by atoms with van der Waals surface area (Å²) >= 11 is 0. The molecule has 2 aromatic carbocycles. The number of sulfone groups is 1. The molecule has 0 aromatic heterocycles. The number of hydrogen-bond acceptors (Lipinski definition) is 5. The number of hydrogen-bond donors (Lipinski definition) is 0. The van der Waals surface area contributed by atoms with Gasteiger partial charge in [0.05, 0.1) is 23.4 Å². The van der Waals surface area contributed by atoms with Gasteiger partial charge in [-0.3, -0.25) is 0 Å². The lowest BCUT2D eigenvalue weighted by atomic mass is 10.0. The fourth-order valence-electron chi connectivity index (χ4n) is 2.97. The summed E-state index contributed by atoms with van der Waals surface area (Å²) < 4.78 is 36.2. The molecule has 6 nitrogen and oxygen atoms in total. The van der Waals surface area contributed by atoms with Crippen LogP contribution in [-0.2, 0) is 21.0 Å². The quantitative estimate of drug-likeness (QED) is 0.822. The molecule has 0 radical (unpaired) electrons. The van der Waals surface area contributed by atoms with E-state index in [0.29, 0.717) is 12.3 Å². The first-order valence-electron chi connectivity index (χ1n) is 8.30. The molecule has 0 saturated heterocycles. The number of carbonyl (C=O) groups is 1. The van der Waals surface area contributed by atoms with Gasteiger partial charge in [0.2, 0.25) is 9.84 Å². The van der Waals surface area contributed by atoms with E-state index >= 15 is 0 Å². The fourth-order valence-corrected chi connectivity index (χ4v) is 4.27. The van der Waals surface area contributed by atoms with Gasteiger partial charge in [0.1, 0.15) is 11.9 Å². The highest BCUT2D eigenvalue weighted by molar-refractivity contribution is 7.91. The Kier molecular flexibility index (Phi) is 5.18. The van der Waals surface area contributed by atoms with E-state index < -0.39 is 15.9 Å². The summed E-state index contributed by atoms with van der Waals surface area (Å²) in [6.07, 6.45) is 0.876. The van der Waals surface area contributed by atoms with Crippen molar-refractivity contribution in [2.45, 2.75) is 28.7 Å². The largest absolute Gasteiger partial charge is 0.488 e. The third-order valence-electron chi connectivity index (χ3n) is 4.40. The maximum atomic E-state index is 12.8. The average Bonchev–Trinajstić information content (AvgIpc) is 2.67. The van der Waals surface area contributed by atoms with E-state index in [2.05, 4.69) is 4.74 Å². The van der Waals surface area contributed by atoms with Crippen LogP contribution in [0.5, 0.6) is 5.75 Å². The van der Waals surface area contributed by atoms with E-state index in [1.165, 1.54) is 12.0 Å². The van der Waals surface area contributed by atoms with Gasteiger partial charge in [-0.1, -0.05) is 24.3 Å². The lowest BCUT2D eigenvalue weighted by Gasteiger charge is -2.29. The Hall–Kier alpha value is -2.54. The summed E-state index contributed by atoms with van der Waals surface area (Å²) in [4.78, 5) is 13.4. The molecule has 0 bridgehead atoms. The molecule has 2 aromatic rings. The minimum absolute atomic E-state index is 0.199. The summed E-state index contributed by atoms with van der Waals surface area (Å²) in [6.45, 7) is 0.377. The SMILES string of the molecule is COC(=O)N(C)CC1CCc2ccc(S(=O)(=O)c3ccccc3)cc2O1. The van der Waals surface area contributed by atoms with Crippen molar-refractivity contribution in [1.29, 1.82) is 0 Å². The minimum atomic E-state index is -3.59. The number of aryl methyl sites for hydroxylation is 1. The second kappa shape index (κ2) is 7.37. The van der Waals surface area contributed by atoms with Crippen molar-refractivity contribution in [2.75, 3.05) is 20.7 Å². The molecule has 1 aliphatic heterocycles. The zero-order valence-corrected chi connectivity index (χ0v) is 15.5. The highest BCUT2D eigenvalue weighted by Crippen LogP contribution is 2.32. The molecule has 1 amide bonds. The van der Waals surface area contributed by atoms with E-state index in [9.17, 15) is 13.2 Å². The summed E-state index contributed by atoms with van der Waals surface area (Å²) in [7, 11) is -0.625. The third-order valence-corrected chi connectivity index (χ3v) is 6.16. The van der Waals surface area contributed by atoms with Crippen LogP contribution in [0.3, 0.4) is 0 Å². The van der Waals surface area contributed by atoms with Gasteiger partial charge in [0, 0.05) is 7.05 Å². The Morgan fingerprint density at radius 3 is 2.62 bits per heavy atom. The van der Waals surface area contributed by atoms with Crippen LogP contribution in [0.2, 0.25) is 0 Å². The van der Waals surface area contributed by atoms with Crippen molar-refractivity contribution in [3.8, 4) is 5.75 Å². The van der Waals surface area contributed by atoms with Gasteiger partial charge in [-0.2, -0.15) is 0 Å². The Morgan fingerprint density at radius 1 is 1.19 bits per heavy atom. The van der Waals surface area contributed by atoms with E-state index in [1.807, 2.05) is 0 Å². The van der Waals surface area contributed by atoms with Crippen molar-refractivity contribution < 1.29 is 22.7 Å². The van der Waals surface area contributed by atoms with Gasteiger partial charge >= 0.3 is 6.09 Å². The number of rotatable bonds is 4. The monoisotopic (exact) mass is 375 g/mol. The zero-order chi connectivity index (χ0) is 18.7. The summed E-state index contributed by atoms with van der Waals surface area (Å²) in [5.41, 5.74) is 0.967. The smallest absolute Gasteiger partial charge is 0.409 e. The number of methoxy groups -OCH3 is 1. The fraction of sp³-hybridized carbons (Fsp3) is 0.316. The van der Waals surface area contributed by atoms with Gasteiger partial charge in [0.15, 0.2) is 0 Å². The van der Waals surface area contributed by atoms with E-state index in [4.69, 9.17) is 4.74 Å². The van der Waals surface area contributed by atoms with E-state index in [0.717, 1.165) is 18.4 Å². The highest BCUT2D eigenvalue weighted by atomic mass is 32.2. The Morgan fingerprint density at radius 2 is 1.92 bits per heavy atom. The molecule has 0 saturated carbocycles. The Bertz CT molecular complexity index is 895. The van der Waals surface area contributed by atoms with Crippen molar-refractivity contribution in [1.82, 2.24) is 4.90 Å². The van der Waals surface area contributed by atoms with Crippen molar-refractivity contribution in [3.05, 3.63) is 54.1 Å². The van der Waals surface area contributed by atoms with Crippen LogP contribution in [0.1, 0.15) is 12.0 Å². The molecular formula is C19H21NO5S. The first-order chi connectivity index (χ1) is 12.4. The van der Waals surface area contributed by atoms with E-state index in [-0.39, 0.29) is 15.9 Å². The number of benzene rings is 2. The molecule has 1 unspecified atom stereocenters. The van der Waals surface area contributed by atoms with Crippen LogP contribution >= 0.6 is 0 Å². The van der Waals surface area contributed by atoms with Gasteiger partial charge < -0.3 is 14.4 Å². The number of fused-ring (bicyclic) bond motifs is 1. The molecule has 1 heterocycles. The first-order valence-corrected chi connectivity index (χ1v) is 9.79. The van der Waals surface area contributed by atoms with Gasteiger partial charge in [-0.15, -0.1) is 0 Å². The number of nitrogens with zero attached hydrogens (tertiary/aromatic N) is 1. The average molecular weight is 375 g/mol. The maximum Gasteiger partial charge on any atom is 0.409 e. The van der Waals surface area contributed by atoms with E-state index in [1.54, 1.807) is 55.6 Å². The summed E-state index contributed by atoms with van der Waals surface area (Å²) in [5, 5.41) is 0. The standard InChI is InChI=1S/C19H21NO5S/c1-20(19(21)24-2)13-15-10-8-14-9-11-17(12-18(14)25-15)26(22,23)16-6-4-3-5-7-16/h3-7,9,11-12,15H,8,10,13H2,1-2H3. The molecular weight excluding hydrogens is 354 g/mol. The Labute approximate surface area is 153 Å². The normalized spacial score (nSPS) is 16.3. The predicted octanol–water partition coefficient (Wildman–Crippen LogP) is 2.91. The summed E-state index contributed by atoms with van der Waals surface area (Å²) in [5.74, 6) is 0.552. The van der Waals surface area contributed by atoms with Crippen molar-refractivity contribution >= 4 is 15.9 Å². The molecule has 0 aliphatic carbocycles. The number of carbonyl (C=O) groups excluding carboxylic acids is 1. The van der Waals surface area contributed by atoms with Crippen LogP contribution in [0.25, 0.3) is 0 Å². The molecule has 26 heavy (non-hydrogen) atoms. The number of likely N-dealkylation sites (N-methyl/N-ethyl adjacent to an activating group) is 1. The maximum absolute atomic E-state index is 12.8. The Balaban J connectivity index is 1.83. The zero-order valence-electron chi connectivity index (χ0n) is 14.7. The second-order valence-corrected chi connectivity index (χ2v) is 8.16. The predicted molar refractivity (Wildman–Crippen MR) is 96.1 cm³/mol. The third kappa shape index (κ3) is 3.67. The van der Waals surface area contributed by atoms with Crippen molar-refractivity contribution in [2.24, 2.45) is 0 Å². The second-order valence-electron chi connectivity index (χ2n) is 6.22. The molecule has 1 atom stereocenters. The van der Waals surface area contributed by atoms with Gasteiger partial charge in [-0.25, -0.2) is 13.2 Å². The molecule has 1 aliphatic rings. The minimum Gasteiger partial charge on any atom is -0.488 e. The van der Waals surface area contributed by atoms with Crippen LogP contribution < -0.4 is 4.74 Å². The lowest BCUT2D eigenvalue weighted by molar-refractivity contribution is 0.0975. The number of amides is 1. The molecule has 7 heteroatoms. The van der Waals surface area contributed by atoms with Crippen LogP contribution in [0, 0.1) is 0 Å². The topological polar surface area (TPSA) is 72.9 Å². The van der Waals surface area contributed by atoms with Crippen LogP contribution in [0.15, 0.2) is 58.3 Å². The molecule has 0 fully saturated rings.